The molecular weight excluding hydrogens is 368 g/mol. The van der Waals surface area contributed by atoms with Crippen molar-refractivity contribution in [1.82, 2.24) is 15.1 Å². The molecule has 1 saturated carbocycles. The van der Waals surface area contributed by atoms with Crippen LogP contribution in [0.2, 0.25) is 0 Å². The number of amides is 3. The molecule has 2 N–H and O–H groups in total. The Bertz CT molecular complexity index is 885. The smallest absolute Gasteiger partial charge is 0.255 e. The molecule has 5 rings (SSSR count). The van der Waals surface area contributed by atoms with Crippen LogP contribution >= 0.6 is 0 Å². The Balaban J connectivity index is 1.33. The second-order valence-corrected chi connectivity index (χ2v) is 9.29. The number of rotatable bonds is 2. The number of likely N-dealkylation sites (tertiary alicyclic amines) is 2. The second-order valence-electron chi connectivity index (χ2n) is 9.29. The first-order valence-electron chi connectivity index (χ1n) is 10.7. The molecule has 7 heteroatoms. The summed E-state index contributed by atoms with van der Waals surface area (Å²) in [7, 11) is 0. The molecule has 7 nitrogen and oxygen atoms in total. The molecular formula is C22H28N4O3. The van der Waals surface area contributed by atoms with Crippen molar-refractivity contribution in [2.24, 2.45) is 17.8 Å². The number of benzene rings is 1. The molecule has 1 aliphatic carbocycles. The van der Waals surface area contributed by atoms with Crippen molar-refractivity contribution >= 4 is 23.4 Å². The van der Waals surface area contributed by atoms with Crippen LogP contribution in [0.25, 0.3) is 0 Å². The molecule has 4 atom stereocenters. The van der Waals surface area contributed by atoms with E-state index >= 15 is 0 Å². The van der Waals surface area contributed by atoms with Crippen LogP contribution in [0.1, 0.15) is 43.5 Å². The van der Waals surface area contributed by atoms with E-state index in [9.17, 15) is 14.4 Å². The Kier molecular flexibility index (Phi) is 4.12. The molecule has 154 valence electrons. The van der Waals surface area contributed by atoms with Crippen molar-refractivity contribution in [3.8, 4) is 0 Å². The van der Waals surface area contributed by atoms with Gasteiger partial charge in [0.25, 0.3) is 5.91 Å². The molecule has 3 fully saturated rings. The van der Waals surface area contributed by atoms with E-state index in [-0.39, 0.29) is 35.6 Å². The monoisotopic (exact) mass is 396 g/mol. The normalized spacial score (nSPS) is 33.1. The van der Waals surface area contributed by atoms with Crippen LogP contribution in [-0.4, -0.2) is 58.9 Å². The molecule has 0 aromatic heterocycles. The van der Waals surface area contributed by atoms with Crippen LogP contribution in [-0.2, 0) is 9.59 Å². The van der Waals surface area contributed by atoms with Crippen LogP contribution in [0.3, 0.4) is 0 Å². The van der Waals surface area contributed by atoms with Crippen molar-refractivity contribution in [3.05, 3.63) is 29.8 Å². The molecule has 29 heavy (non-hydrogen) atoms. The van der Waals surface area contributed by atoms with Crippen LogP contribution in [0.5, 0.6) is 0 Å². The summed E-state index contributed by atoms with van der Waals surface area (Å²) in [5.41, 5.74) is 1.06. The highest BCUT2D eigenvalue weighted by Crippen LogP contribution is 2.47. The summed E-state index contributed by atoms with van der Waals surface area (Å²) in [6.45, 7) is 5.85. The average molecular weight is 396 g/mol. The first-order valence-corrected chi connectivity index (χ1v) is 10.7. The summed E-state index contributed by atoms with van der Waals surface area (Å²) < 4.78 is 0. The van der Waals surface area contributed by atoms with Gasteiger partial charge in [-0.1, -0.05) is 12.1 Å². The van der Waals surface area contributed by atoms with E-state index in [1.807, 2.05) is 43.0 Å². The van der Waals surface area contributed by atoms with Gasteiger partial charge in [0.15, 0.2) is 0 Å². The number of fused-ring (bicyclic) bond motifs is 3. The third kappa shape index (κ3) is 2.81. The Morgan fingerprint density at radius 1 is 1.14 bits per heavy atom. The van der Waals surface area contributed by atoms with E-state index in [0.29, 0.717) is 31.0 Å². The van der Waals surface area contributed by atoms with E-state index in [1.54, 1.807) is 4.90 Å². The van der Waals surface area contributed by atoms with Crippen molar-refractivity contribution < 1.29 is 14.4 Å². The highest BCUT2D eigenvalue weighted by Gasteiger charge is 2.56. The zero-order valence-electron chi connectivity index (χ0n) is 17.0. The first kappa shape index (κ1) is 18.5. The lowest BCUT2D eigenvalue weighted by molar-refractivity contribution is -0.135. The first-order chi connectivity index (χ1) is 13.9. The number of hydrogen-bond donors (Lipinski definition) is 2. The van der Waals surface area contributed by atoms with E-state index < -0.39 is 5.66 Å². The molecule has 2 saturated heterocycles. The lowest BCUT2D eigenvalue weighted by atomic mass is 9.89. The molecule has 1 aromatic rings. The molecule has 0 radical (unpaired) electrons. The minimum atomic E-state index is -0.486. The number of anilines is 1. The largest absolute Gasteiger partial charge is 0.362 e. The highest BCUT2D eigenvalue weighted by molar-refractivity contribution is 6.02. The summed E-state index contributed by atoms with van der Waals surface area (Å²) in [6, 6.07) is 7.72. The average Bonchev–Trinajstić information content (AvgIpc) is 3.37. The Morgan fingerprint density at radius 2 is 1.93 bits per heavy atom. The van der Waals surface area contributed by atoms with Crippen LogP contribution in [0.15, 0.2) is 24.3 Å². The molecule has 3 amide bonds. The number of hydrogen-bond acceptors (Lipinski definition) is 4. The van der Waals surface area contributed by atoms with Gasteiger partial charge < -0.3 is 20.4 Å². The summed E-state index contributed by atoms with van der Waals surface area (Å²) in [4.78, 5) is 41.9. The van der Waals surface area contributed by atoms with Gasteiger partial charge in [0, 0.05) is 43.7 Å². The van der Waals surface area contributed by atoms with Gasteiger partial charge in [-0.2, -0.15) is 0 Å². The lowest BCUT2D eigenvalue weighted by Gasteiger charge is -2.42. The van der Waals surface area contributed by atoms with Gasteiger partial charge in [0.2, 0.25) is 11.8 Å². The molecule has 3 heterocycles. The quantitative estimate of drug-likeness (QED) is 0.797. The Hall–Kier alpha value is -2.57. The van der Waals surface area contributed by atoms with Crippen molar-refractivity contribution in [2.45, 2.75) is 44.8 Å². The van der Waals surface area contributed by atoms with Gasteiger partial charge >= 0.3 is 0 Å². The molecule has 1 aromatic carbocycles. The Morgan fingerprint density at radius 3 is 2.69 bits per heavy atom. The molecule has 4 aliphatic rings. The van der Waals surface area contributed by atoms with Gasteiger partial charge in [0.05, 0.1) is 11.5 Å². The minimum absolute atomic E-state index is 0.0428. The number of nitrogens with zero attached hydrogens (tertiary/aromatic N) is 2. The van der Waals surface area contributed by atoms with Gasteiger partial charge in [-0.05, 0) is 44.7 Å². The topological polar surface area (TPSA) is 81.8 Å². The molecule has 1 spiro atoms. The van der Waals surface area contributed by atoms with E-state index in [4.69, 9.17) is 0 Å². The zero-order valence-corrected chi connectivity index (χ0v) is 17.0. The minimum Gasteiger partial charge on any atom is -0.362 e. The van der Waals surface area contributed by atoms with Crippen molar-refractivity contribution in [1.29, 1.82) is 0 Å². The summed E-state index contributed by atoms with van der Waals surface area (Å²) >= 11 is 0. The zero-order chi connectivity index (χ0) is 20.3. The van der Waals surface area contributed by atoms with E-state index in [1.165, 1.54) is 0 Å². The van der Waals surface area contributed by atoms with Gasteiger partial charge in [-0.15, -0.1) is 0 Å². The summed E-state index contributed by atoms with van der Waals surface area (Å²) in [5.74, 6) is 0.436. The number of nitrogens with one attached hydrogen (secondary N) is 2. The number of carbonyl (C=O) groups excluding carboxylic acids is 3. The molecule has 3 aliphatic heterocycles. The maximum absolute atomic E-state index is 13.2. The predicted molar refractivity (Wildman–Crippen MR) is 108 cm³/mol. The van der Waals surface area contributed by atoms with Crippen LogP contribution in [0.4, 0.5) is 5.69 Å². The Labute approximate surface area is 170 Å². The fraction of sp³-hybridized carbons (Fsp3) is 0.591. The maximum atomic E-state index is 13.2. The third-order valence-corrected chi connectivity index (χ3v) is 7.29. The number of carbonyl (C=O) groups is 3. The summed E-state index contributed by atoms with van der Waals surface area (Å²) in [5, 5.41) is 6.83. The van der Waals surface area contributed by atoms with Crippen LogP contribution < -0.4 is 10.6 Å². The predicted octanol–water partition coefficient (Wildman–Crippen LogP) is 1.66. The standard InChI is InChI=1S/C22H28N4O3/c1-13(2)26-11-15(9-19(26)27)21(29)25-10-14-7-8-22(17(14)12-25)23-18-6-4-3-5-16(18)20(28)24-22/h3-6,13-15,17,23H,7-12H2,1-2H3,(H,24,28)/t14-,15-,17+,22+/m1/s1. The second kappa shape index (κ2) is 6.47. The fourth-order valence-corrected chi connectivity index (χ4v) is 5.80. The van der Waals surface area contributed by atoms with Crippen molar-refractivity contribution in [2.75, 3.05) is 25.0 Å². The third-order valence-electron chi connectivity index (χ3n) is 7.29. The van der Waals surface area contributed by atoms with Gasteiger partial charge in [0.1, 0.15) is 5.66 Å². The van der Waals surface area contributed by atoms with Crippen molar-refractivity contribution in [3.63, 3.8) is 0 Å². The molecule has 0 bridgehead atoms. The van der Waals surface area contributed by atoms with Crippen LogP contribution in [0, 0.1) is 17.8 Å². The van der Waals surface area contributed by atoms with Gasteiger partial charge in [-0.3, -0.25) is 14.4 Å². The maximum Gasteiger partial charge on any atom is 0.255 e. The van der Waals surface area contributed by atoms with E-state index in [2.05, 4.69) is 10.6 Å². The number of para-hydroxylation sites is 1. The van der Waals surface area contributed by atoms with E-state index in [0.717, 1.165) is 25.1 Å². The fourth-order valence-electron chi connectivity index (χ4n) is 5.80. The lowest BCUT2D eigenvalue weighted by Crippen LogP contribution is -2.61. The molecule has 0 unspecified atom stereocenters. The van der Waals surface area contributed by atoms with Gasteiger partial charge in [-0.25, -0.2) is 0 Å². The SMILES string of the molecule is CC(C)N1C[C@H](C(=O)N2C[C@H]3CC[C@]4(NC(=O)c5ccccc5N4)[C@H]3C2)CC1=O. The summed E-state index contributed by atoms with van der Waals surface area (Å²) in [6.07, 6.45) is 2.16. The highest BCUT2D eigenvalue weighted by atomic mass is 16.2.